The highest BCUT2D eigenvalue weighted by Crippen LogP contribution is 2.16. The van der Waals surface area contributed by atoms with Crippen molar-refractivity contribution in [3.05, 3.63) is 11.7 Å². The largest absolute Gasteiger partial charge is 0.480 e. The van der Waals surface area contributed by atoms with Gasteiger partial charge in [0.05, 0.1) is 6.54 Å². The Balaban J connectivity index is 2.80. The van der Waals surface area contributed by atoms with Gasteiger partial charge in [0, 0.05) is 6.92 Å². The summed E-state index contributed by atoms with van der Waals surface area (Å²) in [6.45, 7) is 7.89. The Labute approximate surface area is 94.3 Å². The average Bonchev–Trinajstić information content (AvgIpc) is 2.60. The molecule has 6 heteroatoms. The molecule has 0 fully saturated rings. The summed E-state index contributed by atoms with van der Waals surface area (Å²) in [5, 5.41) is 12.9. The number of carboxylic acid groups (broad SMARTS) is 1. The Kier molecular flexibility index (Phi) is 3.64. The second-order valence-electron chi connectivity index (χ2n) is 4.11. The Bertz CT molecular complexity index is 373. The molecule has 0 bridgehead atoms. The molecule has 1 N–H and O–H groups in total. The third kappa shape index (κ3) is 2.57. The third-order valence-corrected chi connectivity index (χ3v) is 2.60. The van der Waals surface area contributed by atoms with Crippen molar-refractivity contribution in [3.63, 3.8) is 0 Å². The van der Waals surface area contributed by atoms with Crippen LogP contribution in [-0.4, -0.2) is 38.2 Å². The third-order valence-electron chi connectivity index (χ3n) is 2.60. The number of carboxylic acids is 1. The summed E-state index contributed by atoms with van der Waals surface area (Å²) in [5.41, 5.74) is -0.941. The van der Waals surface area contributed by atoms with Crippen molar-refractivity contribution in [3.8, 4) is 0 Å². The fraction of sp³-hybridized carbons (Fsp3) is 0.700. The van der Waals surface area contributed by atoms with E-state index in [-0.39, 0.29) is 0 Å². The van der Waals surface area contributed by atoms with Gasteiger partial charge in [-0.3, -0.25) is 9.69 Å². The quantitative estimate of drug-likeness (QED) is 0.810. The van der Waals surface area contributed by atoms with Crippen LogP contribution in [0.4, 0.5) is 0 Å². The number of aliphatic carboxylic acids is 1. The molecule has 0 atom stereocenters. The molecule has 0 unspecified atom stereocenters. The standard InChI is InChI=1S/C10H17N3O3/c1-5-13(10(3,4)9(14)15)6-8-11-7(2)16-12-8/h5-6H2,1-4H3,(H,14,15). The first-order chi connectivity index (χ1) is 7.37. The smallest absolute Gasteiger partial charge is 0.323 e. The summed E-state index contributed by atoms with van der Waals surface area (Å²) >= 11 is 0. The second kappa shape index (κ2) is 4.61. The molecular weight excluding hydrogens is 210 g/mol. The topological polar surface area (TPSA) is 79.5 Å². The van der Waals surface area contributed by atoms with Gasteiger partial charge in [-0.1, -0.05) is 12.1 Å². The van der Waals surface area contributed by atoms with Crippen molar-refractivity contribution in [1.29, 1.82) is 0 Å². The van der Waals surface area contributed by atoms with Crippen molar-refractivity contribution < 1.29 is 14.4 Å². The number of aryl methyl sites for hydroxylation is 1. The molecule has 0 aromatic carbocycles. The lowest BCUT2D eigenvalue weighted by atomic mass is 10.0. The summed E-state index contributed by atoms with van der Waals surface area (Å²) < 4.78 is 4.85. The predicted molar refractivity (Wildman–Crippen MR) is 56.8 cm³/mol. The van der Waals surface area contributed by atoms with Crippen LogP contribution in [-0.2, 0) is 11.3 Å². The molecule has 1 aromatic heterocycles. The van der Waals surface area contributed by atoms with Crippen LogP contribution in [0.5, 0.6) is 0 Å². The number of carbonyl (C=O) groups is 1. The van der Waals surface area contributed by atoms with E-state index in [1.807, 2.05) is 6.92 Å². The molecule has 16 heavy (non-hydrogen) atoms. The highest BCUT2D eigenvalue weighted by Gasteiger charge is 2.34. The molecule has 0 saturated carbocycles. The van der Waals surface area contributed by atoms with Crippen LogP contribution >= 0.6 is 0 Å². The fourth-order valence-corrected chi connectivity index (χ4v) is 1.42. The van der Waals surface area contributed by atoms with Crippen LogP contribution < -0.4 is 0 Å². The maximum Gasteiger partial charge on any atom is 0.323 e. The van der Waals surface area contributed by atoms with Gasteiger partial charge in [0.2, 0.25) is 5.89 Å². The lowest BCUT2D eigenvalue weighted by Gasteiger charge is -2.32. The lowest BCUT2D eigenvalue weighted by Crippen LogP contribution is -2.49. The van der Waals surface area contributed by atoms with Crippen molar-refractivity contribution >= 4 is 5.97 Å². The Morgan fingerprint density at radius 1 is 1.56 bits per heavy atom. The van der Waals surface area contributed by atoms with Crippen LogP contribution in [0, 0.1) is 6.92 Å². The number of nitrogens with zero attached hydrogens (tertiary/aromatic N) is 3. The van der Waals surface area contributed by atoms with E-state index in [0.717, 1.165) is 0 Å². The molecule has 6 nitrogen and oxygen atoms in total. The van der Waals surface area contributed by atoms with E-state index in [0.29, 0.717) is 24.8 Å². The molecule has 0 aliphatic heterocycles. The van der Waals surface area contributed by atoms with Gasteiger partial charge < -0.3 is 9.63 Å². The van der Waals surface area contributed by atoms with Gasteiger partial charge in [0.25, 0.3) is 0 Å². The minimum atomic E-state index is -0.941. The lowest BCUT2D eigenvalue weighted by molar-refractivity contribution is -0.149. The normalized spacial score (nSPS) is 12.1. The minimum absolute atomic E-state index is 0.368. The van der Waals surface area contributed by atoms with Gasteiger partial charge in [-0.15, -0.1) is 0 Å². The van der Waals surface area contributed by atoms with Crippen LogP contribution in [0.3, 0.4) is 0 Å². The van der Waals surface area contributed by atoms with E-state index in [1.54, 1.807) is 25.7 Å². The summed E-state index contributed by atoms with van der Waals surface area (Å²) in [6.07, 6.45) is 0. The van der Waals surface area contributed by atoms with Gasteiger partial charge >= 0.3 is 5.97 Å². The highest BCUT2D eigenvalue weighted by molar-refractivity contribution is 5.77. The van der Waals surface area contributed by atoms with Gasteiger partial charge in [0.1, 0.15) is 5.54 Å². The molecule has 0 radical (unpaired) electrons. The molecule has 1 rings (SSSR count). The van der Waals surface area contributed by atoms with Crippen molar-refractivity contribution in [1.82, 2.24) is 15.0 Å². The molecule has 0 aliphatic carbocycles. The minimum Gasteiger partial charge on any atom is -0.480 e. The number of hydrogen-bond donors (Lipinski definition) is 1. The van der Waals surface area contributed by atoms with E-state index < -0.39 is 11.5 Å². The fourth-order valence-electron chi connectivity index (χ4n) is 1.42. The molecule has 90 valence electrons. The van der Waals surface area contributed by atoms with E-state index in [9.17, 15) is 4.79 Å². The summed E-state index contributed by atoms with van der Waals surface area (Å²) in [6, 6.07) is 0. The molecular formula is C10H17N3O3. The van der Waals surface area contributed by atoms with E-state index >= 15 is 0 Å². The monoisotopic (exact) mass is 227 g/mol. The van der Waals surface area contributed by atoms with E-state index in [1.165, 1.54) is 0 Å². The summed E-state index contributed by atoms with van der Waals surface area (Å²) in [5.74, 6) is 0.127. The molecule has 1 heterocycles. The predicted octanol–water partition coefficient (Wildman–Crippen LogP) is 1.06. The van der Waals surface area contributed by atoms with Crippen LogP contribution in [0.1, 0.15) is 32.5 Å². The molecule has 0 spiro atoms. The number of likely N-dealkylation sites (N-methyl/N-ethyl adjacent to an activating group) is 1. The Hall–Kier alpha value is -1.43. The zero-order valence-electron chi connectivity index (χ0n) is 10.0. The van der Waals surface area contributed by atoms with Crippen molar-refractivity contribution in [2.75, 3.05) is 6.54 Å². The van der Waals surface area contributed by atoms with Gasteiger partial charge in [-0.2, -0.15) is 4.98 Å². The molecule has 0 amide bonds. The van der Waals surface area contributed by atoms with Crippen molar-refractivity contribution in [2.45, 2.75) is 39.8 Å². The Morgan fingerprint density at radius 3 is 2.56 bits per heavy atom. The molecule has 0 saturated heterocycles. The van der Waals surface area contributed by atoms with Crippen LogP contribution in [0.15, 0.2) is 4.52 Å². The van der Waals surface area contributed by atoms with Gasteiger partial charge in [-0.25, -0.2) is 0 Å². The Morgan fingerprint density at radius 2 is 2.19 bits per heavy atom. The summed E-state index contributed by atoms with van der Waals surface area (Å²) in [4.78, 5) is 16.9. The number of hydrogen-bond acceptors (Lipinski definition) is 5. The number of aromatic nitrogens is 2. The zero-order chi connectivity index (χ0) is 12.3. The zero-order valence-corrected chi connectivity index (χ0v) is 10.0. The first-order valence-corrected chi connectivity index (χ1v) is 5.15. The maximum absolute atomic E-state index is 11.1. The highest BCUT2D eigenvalue weighted by atomic mass is 16.5. The van der Waals surface area contributed by atoms with Gasteiger partial charge in [0.15, 0.2) is 5.82 Å². The average molecular weight is 227 g/mol. The number of rotatable bonds is 5. The first-order valence-electron chi connectivity index (χ1n) is 5.15. The van der Waals surface area contributed by atoms with Gasteiger partial charge in [-0.05, 0) is 20.4 Å². The molecule has 0 aliphatic rings. The SMILES string of the molecule is CCN(Cc1noc(C)n1)C(C)(C)C(=O)O. The van der Waals surface area contributed by atoms with E-state index in [2.05, 4.69) is 10.1 Å². The van der Waals surface area contributed by atoms with E-state index in [4.69, 9.17) is 9.63 Å². The van der Waals surface area contributed by atoms with Crippen LogP contribution in [0.25, 0.3) is 0 Å². The summed E-state index contributed by atoms with van der Waals surface area (Å²) in [7, 11) is 0. The first kappa shape index (κ1) is 12.6. The second-order valence-corrected chi connectivity index (χ2v) is 4.11. The molecule has 1 aromatic rings. The maximum atomic E-state index is 11.1. The van der Waals surface area contributed by atoms with Crippen molar-refractivity contribution in [2.24, 2.45) is 0 Å². The van der Waals surface area contributed by atoms with Crippen LogP contribution in [0.2, 0.25) is 0 Å².